The summed E-state index contributed by atoms with van der Waals surface area (Å²) in [5, 5.41) is 30.3. The highest BCUT2D eigenvalue weighted by Crippen LogP contribution is 2.22. The van der Waals surface area contributed by atoms with E-state index in [9.17, 15) is 4.79 Å². The third-order valence-electron chi connectivity index (χ3n) is 4.64. The lowest BCUT2D eigenvalue weighted by Gasteiger charge is -2.09. The summed E-state index contributed by atoms with van der Waals surface area (Å²) < 4.78 is 5.21. The minimum atomic E-state index is -0.529. The van der Waals surface area contributed by atoms with E-state index in [1.165, 1.54) is 0 Å². The number of carbonyl (C=O) groups is 1. The van der Waals surface area contributed by atoms with Gasteiger partial charge in [0, 0.05) is 23.2 Å². The summed E-state index contributed by atoms with van der Waals surface area (Å²) in [6, 6.07) is 25.2. The number of nitrogens with one attached hydrogen (secondary N) is 1. The maximum atomic E-state index is 12.0. The highest BCUT2D eigenvalue weighted by atomic mass is 16.5. The zero-order valence-corrected chi connectivity index (χ0v) is 17.6. The number of nitriles is 2. The van der Waals surface area contributed by atoms with E-state index >= 15 is 0 Å². The van der Waals surface area contributed by atoms with Crippen LogP contribution in [0, 0.1) is 22.7 Å². The van der Waals surface area contributed by atoms with Crippen molar-refractivity contribution in [2.45, 2.75) is 13.2 Å². The number of hydrogen-bond donors (Lipinski definition) is 2. The molecule has 0 fully saturated rings. The first kappa shape index (κ1) is 23.0. The molecule has 0 unspecified atom stereocenters. The first-order valence-corrected chi connectivity index (χ1v) is 9.98. The molecule has 7 heteroatoms. The molecule has 1 amide bonds. The molecule has 0 bridgehead atoms. The monoisotopic (exact) mass is 436 g/mol. The second kappa shape index (κ2) is 11.6. The molecule has 0 spiro atoms. The van der Waals surface area contributed by atoms with Crippen LogP contribution in [0.5, 0.6) is 0 Å². The molecule has 33 heavy (non-hydrogen) atoms. The molecule has 0 radical (unpaired) electrons. The van der Waals surface area contributed by atoms with E-state index in [1.807, 2.05) is 36.4 Å². The van der Waals surface area contributed by atoms with Gasteiger partial charge in [-0.2, -0.15) is 10.5 Å². The Morgan fingerprint density at radius 3 is 2.15 bits per heavy atom. The van der Waals surface area contributed by atoms with Gasteiger partial charge in [0.2, 0.25) is 0 Å². The Bertz CT molecular complexity index is 1300. The molecule has 3 aromatic carbocycles. The number of nitrogens with zero attached hydrogens (tertiary/aromatic N) is 3. The lowest BCUT2D eigenvalue weighted by Crippen LogP contribution is -2.13. The number of ether oxygens (including phenoxy) is 1. The molecule has 7 nitrogen and oxygen atoms in total. The maximum Gasteiger partial charge on any atom is 0.411 e. The molecule has 0 atom stereocenters. The largest absolute Gasteiger partial charge is 0.444 e. The summed E-state index contributed by atoms with van der Waals surface area (Å²) in [4.78, 5) is 16.0. The third kappa shape index (κ3) is 6.63. The maximum absolute atomic E-state index is 12.0. The summed E-state index contributed by atoms with van der Waals surface area (Å²) in [6.45, 7) is 0.176. The Morgan fingerprint density at radius 1 is 0.909 bits per heavy atom. The number of amides is 1. The number of rotatable bonds is 4. The number of carbonyl (C=O) groups excluding carboxylic acids is 1. The molecule has 1 heterocycles. The van der Waals surface area contributed by atoms with Crippen LogP contribution in [0.4, 0.5) is 10.5 Å². The highest BCUT2D eigenvalue weighted by molar-refractivity contribution is 5.99. The van der Waals surface area contributed by atoms with Crippen LogP contribution in [-0.2, 0) is 18.0 Å². The number of fused-ring (bicyclic) bond motifs is 1. The normalized spacial score (nSPS) is 9.67. The van der Waals surface area contributed by atoms with Gasteiger partial charge in [0.25, 0.3) is 0 Å². The van der Waals surface area contributed by atoms with Crippen LogP contribution < -0.4 is 5.32 Å². The van der Waals surface area contributed by atoms with Crippen molar-refractivity contribution in [1.29, 1.82) is 10.5 Å². The van der Waals surface area contributed by atoms with E-state index in [-0.39, 0.29) is 13.2 Å². The number of pyridine rings is 1. The predicted molar refractivity (Wildman–Crippen MR) is 124 cm³/mol. The smallest absolute Gasteiger partial charge is 0.411 e. The van der Waals surface area contributed by atoms with Crippen LogP contribution in [-0.4, -0.2) is 16.2 Å². The zero-order chi connectivity index (χ0) is 23.5. The zero-order valence-electron chi connectivity index (χ0n) is 17.6. The minimum absolute atomic E-state index is 0.0334. The van der Waals surface area contributed by atoms with Crippen LogP contribution in [0.25, 0.3) is 10.8 Å². The Kier molecular flexibility index (Phi) is 8.08. The number of aliphatic hydroxyl groups excluding tert-OH is 1. The second-order valence-corrected chi connectivity index (χ2v) is 6.88. The van der Waals surface area contributed by atoms with Crippen molar-refractivity contribution in [3.8, 4) is 12.1 Å². The fourth-order valence-electron chi connectivity index (χ4n) is 2.89. The first-order valence-electron chi connectivity index (χ1n) is 9.98. The molecule has 162 valence electrons. The van der Waals surface area contributed by atoms with Gasteiger partial charge in [0.15, 0.2) is 0 Å². The fourth-order valence-corrected chi connectivity index (χ4v) is 2.89. The van der Waals surface area contributed by atoms with Crippen molar-refractivity contribution >= 4 is 22.6 Å². The molecule has 0 aliphatic rings. The van der Waals surface area contributed by atoms with Gasteiger partial charge in [-0.25, -0.2) is 4.79 Å². The molecule has 1 aromatic heterocycles. The first-order chi connectivity index (χ1) is 16.1. The van der Waals surface area contributed by atoms with Gasteiger partial charge in [0.05, 0.1) is 35.6 Å². The van der Waals surface area contributed by atoms with Crippen molar-refractivity contribution in [2.75, 3.05) is 5.32 Å². The van der Waals surface area contributed by atoms with Gasteiger partial charge in [0.1, 0.15) is 6.61 Å². The minimum Gasteiger partial charge on any atom is -0.444 e. The van der Waals surface area contributed by atoms with Crippen LogP contribution in [0.15, 0.2) is 85.2 Å². The summed E-state index contributed by atoms with van der Waals surface area (Å²) in [7, 11) is 0. The molecule has 0 aliphatic carbocycles. The highest BCUT2D eigenvalue weighted by Gasteiger charge is 2.07. The van der Waals surface area contributed by atoms with Crippen LogP contribution in [0.3, 0.4) is 0 Å². The average molecular weight is 436 g/mol. The van der Waals surface area contributed by atoms with Crippen molar-refractivity contribution in [1.82, 2.24) is 4.98 Å². The van der Waals surface area contributed by atoms with Gasteiger partial charge in [-0.05, 0) is 47.5 Å². The van der Waals surface area contributed by atoms with Crippen molar-refractivity contribution in [3.05, 3.63) is 107 Å². The number of hydrogen-bond acceptors (Lipinski definition) is 6. The number of benzene rings is 3. The lowest BCUT2D eigenvalue weighted by atomic mass is 10.1. The topological polar surface area (TPSA) is 119 Å². The summed E-state index contributed by atoms with van der Waals surface area (Å²) in [6.07, 6.45) is 2.89. The Hall–Kier alpha value is -4.72. The van der Waals surface area contributed by atoms with Crippen molar-refractivity contribution < 1.29 is 14.6 Å². The molecule has 4 rings (SSSR count). The van der Waals surface area contributed by atoms with Gasteiger partial charge in [-0.3, -0.25) is 10.3 Å². The predicted octanol–water partition coefficient (Wildman–Crippen LogP) is 4.91. The summed E-state index contributed by atoms with van der Waals surface area (Å²) in [5.74, 6) is 0. The quantitative estimate of drug-likeness (QED) is 0.469. The molecule has 0 aliphatic heterocycles. The Morgan fingerprint density at radius 2 is 1.55 bits per heavy atom. The molecule has 2 N–H and O–H groups in total. The average Bonchev–Trinajstić information content (AvgIpc) is 2.88. The van der Waals surface area contributed by atoms with E-state index in [1.54, 1.807) is 60.9 Å². The summed E-state index contributed by atoms with van der Waals surface area (Å²) in [5.41, 5.74) is 3.52. The Labute approximate surface area is 191 Å². The van der Waals surface area contributed by atoms with Crippen LogP contribution >= 0.6 is 0 Å². The van der Waals surface area contributed by atoms with Crippen LogP contribution in [0.1, 0.15) is 22.3 Å². The second-order valence-electron chi connectivity index (χ2n) is 6.88. The number of anilines is 1. The molecule has 4 aromatic rings. The van der Waals surface area contributed by atoms with E-state index in [0.29, 0.717) is 16.8 Å². The third-order valence-corrected chi connectivity index (χ3v) is 4.64. The fraction of sp³-hybridized carbons (Fsp3) is 0.0769. The van der Waals surface area contributed by atoms with Crippen molar-refractivity contribution in [3.63, 3.8) is 0 Å². The van der Waals surface area contributed by atoms with Crippen LogP contribution in [0.2, 0.25) is 0 Å². The van der Waals surface area contributed by atoms with E-state index in [2.05, 4.69) is 10.3 Å². The lowest BCUT2D eigenvalue weighted by molar-refractivity contribution is 0.155. The van der Waals surface area contributed by atoms with Crippen molar-refractivity contribution in [2.24, 2.45) is 0 Å². The SMILES string of the molecule is N#Cc1ccc(CO)cc1.N#Cc1ccc(COC(=O)Nc2cccc3cnccc23)cc1. The number of aromatic nitrogens is 1. The molecule has 0 saturated heterocycles. The van der Waals surface area contributed by atoms with Gasteiger partial charge >= 0.3 is 6.09 Å². The van der Waals surface area contributed by atoms with Gasteiger partial charge < -0.3 is 9.84 Å². The molecular formula is C26H20N4O3. The summed E-state index contributed by atoms with van der Waals surface area (Å²) >= 11 is 0. The van der Waals surface area contributed by atoms with E-state index in [0.717, 1.165) is 21.9 Å². The van der Waals surface area contributed by atoms with E-state index < -0.39 is 6.09 Å². The standard InChI is InChI=1S/C18H13N3O2.C8H7NO/c19-10-13-4-6-14(7-5-13)12-23-18(22)21-17-3-1-2-15-11-20-9-8-16(15)17;9-5-7-1-3-8(6-10)4-2-7/h1-9,11H,12H2,(H,21,22);1-4,10H,6H2. The van der Waals surface area contributed by atoms with Gasteiger partial charge in [-0.15, -0.1) is 0 Å². The number of aliphatic hydroxyl groups is 1. The molecule has 0 saturated carbocycles. The van der Waals surface area contributed by atoms with Gasteiger partial charge in [-0.1, -0.05) is 36.4 Å². The molecular weight excluding hydrogens is 416 g/mol. The van der Waals surface area contributed by atoms with E-state index in [4.69, 9.17) is 20.4 Å². The Balaban J connectivity index is 0.000000257.